The fourth-order valence-electron chi connectivity index (χ4n) is 7.20. The molecule has 3 heterocycles. The molecule has 3 amide bonds. The number of amides is 3. The molecular weight excluding hydrogens is 706 g/mol. The van der Waals surface area contributed by atoms with Crippen LogP contribution in [0.1, 0.15) is 114 Å². The molecule has 0 aliphatic carbocycles. The average molecular weight is 766 g/mol. The van der Waals surface area contributed by atoms with Gasteiger partial charge in [-0.25, -0.2) is 9.79 Å². The van der Waals surface area contributed by atoms with Gasteiger partial charge in [0.25, 0.3) is 5.91 Å². The summed E-state index contributed by atoms with van der Waals surface area (Å²) in [6, 6.07) is 12.3. The fourth-order valence-corrected chi connectivity index (χ4v) is 7.20. The van der Waals surface area contributed by atoms with E-state index in [9.17, 15) is 14.4 Å². The van der Waals surface area contributed by atoms with Gasteiger partial charge in [0.05, 0.1) is 63.7 Å². The molecule has 0 radical (unpaired) electrons. The van der Waals surface area contributed by atoms with E-state index in [0.29, 0.717) is 82.1 Å². The highest BCUT2D eigenvalue weighted by Gasteiger charge is 2.43. The van der Waals surface area contributed by atoms with Crippen LogP contribution in [0.2, 0.25) is 0 Å². The predicted octanol–water partition coefficient (Wildman–Crippen LogP) is 5.59. The van der Waals surface area contributed by atoms with Gasteiger partial charge in [-0.1, -0.05) is 32.0 Å². The van der Waals surface area contributed by atoms with E-state index < -0.39 is 35.0 Å². The summed E-state index contributed by atoms with van der Waals surface area (Å²) in [6.07, 6.45) is 1.75. The lowest BCUT2D eigenvalue weighted by molar-refractivity contribution is -0.132. The number of fused-ring (bicyclic) bond motifs is 2. The van der Waals surface area contributed by atoms with Crippen LogP contribution in [0.15, 0.2) is 47.5 Å². The number of nitrogens with two attached hydrogens (primary N) is 1. The van der Waals surface area contributed by atoms with E-state index in [2.05, 4.69) is 10.6 Å². The Morgan fingerprint density at radius 1 is 0.964 bits per heavy atom. The maximum absolute atomic E-state index is 13.9. The number of guanidine groups is 1. The normalized spacial score (nSPS) is 21.3. The zero-order valence-corrected chi connectivity index (χ0v) is 33.4. The van der Waals surface area contributed by atoms with Crippen LogP contribution in [0.4, 0.5) is 4.79 Å². The van der Waals surface area contributed by atoms with Crippen molar-refractivity contribution in [3.63, 3.8) is 0 Å². The van der Waals surface area contributed by atoms with Gasteiger partial charge in [-0.05, 0) is 71.7 Å². The molecule has 0 bridgehead atoms. The van der Waals surface area contributed by atoms with Crippen molar-refractivity contribution in [2.24, 2.45) is 10.7 Å². The first-order valence-corrected chi connectivity index (χ1v) is 19.4. The predicted molar refractivity (Wildman–Crippen MR) is 207 cm³/mol. The van der Waals surface area contributed by atoms with E-state index in [4.69, 9.17) is 39.1 Å². The van der Waals surface area contributed by atoms with Gasteiger partial charge in [-0.15, -0.1) is 0 Å². The third-order valence-corrected chi connectivity index (χ3v) is 10.0. The summed E-state index contributed by atoms with van der Waals surface area (Å²) in [6.45, 7) is 15.8. The van der Waals surface area contributed by atoms with Gasteiger partial charge in [0.15, 0.2) is 5.96 Å². The summed E-state index contributed by atoms with van der Waals surface area (Å²) in [7, 11) is 0. The van der Waals surface area contributed by atoms with Crippen molar-refractivity contribution in [2.45, 2.75) is 115 Å². The molecule has 302 valence electrons. The molecule has 0 spiro atoms. The molecule has 0 saturated heterocycles. The van der Waals surface area contributed by atoms with Crippen LogP contribution in [-0.4, -0.2) is 97.8 Å². The number of aliphatic imine (C=N–C) groups is 1. The van der Waals surface area contributed by atoms with Gasteiger partial charge in [0, 0.05) is 36.1 Å². The van der Waals surface area contributed by atoms with Gasteiger partial charge < -0.3 is 44.8 Å². The minimum Gasteiger partial charge on any atom is -0.488 e. The third-order valence-electron chi connectivity index (χ3n) is 10.0. The lowest BCUT2D eigenvalue weighted by Gasteiger charge is -2.43. The van der Waals surface area contributed by atoms with Gasteiger partial charge in [-0.2, -0.15) is 0 Å². The minimum absolute atomic E-state index is 0.110. The van der Waals surface area contributed by atoms with Crippen molar-refractivity contribution in [1.29, 1.82) is 0 Å². The second-order valence-electron chi connectivity index (χ2n) is 15.9. The molecule has 0 fully saturated rings. The van der Waals surface area contributed by atoms with E-state index in [1.165, 1.54) is 0 Å². The number of carbonyl (C=O) groups is 3. The number of hydrogen-bond donors (Lipinski definition) is 3. The smallest absolute Gasteiger partial charge is 0.407 e. The Morgan fingerprint density at radius 2 is 1.65 bits per heavy atom. The van der Waals surface area contributed by atoms with Crippen molar-refractivity contribution in [1.82, 2.24) is 15.5 Å². The lowest BCUT2D eigenvalue weighted by atomic mass is 9.86. The van der Waals surface area contributed by atoms with E-state index in [-0.39, 0.29) is 36.8 Å². The van der Waals surface area contributed by atoms with Crippen LogP contribution in [0.3, 0.4) is 0 Å². The first-order chi connectivity index (χ1) is 26.1. The number of benzene rings is 2. The summed E-state index contributed by atoms with van der Waals surface area (Å²) in [4.78, 5) is 45.9. The van der Waals surface area contributed by atoms with E-state index in [1.807, 2.05) is 52.0 Å². The molecule has 0 aromatic heterocycles. The second-order valence-corrected chi connectivity index (χ2v) is 15.9. The number of alkyl carbamates (subject to hydrolysis) is 1. The second kappa shape index (κ2) is 18.0. The summed E-state index contributed by atoms with van der Waals surface area (Å²) in [5, 5.41) is 5.87. The summed E-state index contributed by atoms with van der Waals surface area (Å²) < 4.78 is 34.9. The van der Waals surface area contributed by atoms with Gasteiger partial charge >= 0.3 is 6.09 Å². The van der Waals surface area contributed by atoms with Crippen LogP contribution in [0.5, 0.6) is 11.5 Å². The molecule has 0 saturated carbocycles. The number of ether oxygens (including phenoxy) is 6. The van der Waals surface area contributed by atoms with Crippen LogP contribution in [0, 0.1) is 0 Å². The van der Waals surface area contributed by atoms with Gasteiger partial charge in [-0.3, -0.25) is 14.5 Å². The highest BCUT2D eigenvalue weighted by Crippen LogP contribution is 2.43. The van der Waals surface area contributed by atoms with Crippen molar-refractivity contribution < 1.29 is 42.8 Å². The Morgan fingerprint density at radius 3 is 2.35 bits per heavy atom. The number of rotatable bonds is 16. The van der Waals surface area contributed by atoms with Crippen LogP contribution in [-0.2, 0) is 23.7 Å². The lowest BCUT2D eigenvalue weighted by Crippen LogP contribution is -2.54. The largest absolute Gasteiger partial charge is 0.488 e. The minimum atomic E-state index is -0.552. The molecule has 3 aliphatic rings. The molecule has 4 N–H and O–H groups in total. The van der Waals surface area contributed by atoms with Crippen LogP contribution >= 0.6 is 0 Å². The number of carbonyl (C=O) groups excluding carboxylic acids is 3. The Bertz CT molecular complexity index is 1690. The molecule has 14 heteroatoms. The zero-order valence-electron chi connectivity index (χ0n) is 33.4. The quantitative estimate of drug-likeness (QED) is 0.183. The Kier molecular flexibility index (Phi) is 13.7. The Labute approximate surface area is 324 Å². The average Bonchev–Trinajstić information content (AvgIpc) is 3.12. The molecule has 0 unspecified atom stereocenters. The van der Waals surface area contributed by atoms with E-state index in [0.717, 1.165) is 11.3 Å². The number of nitrogens with one attached hydrogen (secondary N) is 2. The molecule has 14 nitrogen and oxygen atoms in total. The first kappa shape index (κ1) is 41.8. The van der Waals surface area contributed by atoms with E-state index in [1.54, 1.807) is 43.9 Å². The van der Waals surface area contributed by atoms with Crippen molar-refractivity contribution in [3.8, 4) is 11.5 Å². The first-order valence-electron chi connectivity index (χ1n) is 19.4. The topological polar surface area (TPSA) is 172 Å². The standard InChI is InChI=1S/C41H59N5O9/c1-8-41(9-2)25-35(47)46(37(42)45-41)32-23-28(26-52-21-20-51-19-18-50-17-16-43-38(49)55-39(3,4)5)53-33-15-14-27(22-30(32)33)36(48)44-31-24-40(6,7)54-34-13-11-10-12-29(31)34/h10-15,22,28,31-32H,8-9,16-21,23-26H2,1-7H3,(H2,42,45)(H,43,49)(H,44,48)/t28-,31+,32-/m1/s1. The molecule has 5 rings (SSSR count). The SMILES string of the molecule is CCC1(CC)CC(=O)N([C@@H]2C[C@H](COCCOCCOCCNC(=O)OC(C)(C)C)Oc3ccc(C(=O)N[C@H]4CC(C)(C)Oc5ccccc54)cc32)C(N)=N1. The van der Waals surface area contributed by atoms with Crippen LogP contribution < -0.4 is 25.8 Å². The highest BCUT2D eigenvalue weighted by atomic mass is 16.6. The molecule has 2 aromatic rings. The maximum atomic E-state index is 13.9. The summed E-state index contributed by atoms with van der Waals surface area (Å²) in [5.74, 6) is 1.13. The Hall–Kier alpha value is -4.40. The number of hydrogen-bond acceptors (Lipinski definition) is 11. The fraction of sp³-hybridized carbons (Fsp3) is 0.610. The van der Waals surface area contributed by atoms with Crippen molar-refractivity contribution in [2.75, 3.05) is 46.2 Å². The van der Waals surface area contributed by atoms with Crippen molar-refractivity contribution in [3.05, 3.63) is 59.2 Å². The van der Waals surface area contributed by atoms with Crippen molar-refractivity contribution >= 4 is 23.9 Å². The van der Waals surface area contributed by atoms with Gasteiger partial charge in [0.2, 0.25) is 5.91 Å². The number of nitrogens with zero attached hydrogens (tertiary/aromatic N) is 2. The van der Waals surface area contributed by atoms with Gasteiger partial charge in [0.1, 0.15) is 28.8 Å². The highest BCUT2D eigenvalue weighted by molar-refractivity contribution is 6.00. The number of para-hydroxylation sites is 1. The maximum Gasteiger partial charge on any atom is 0.407 e. The summed E-state index contributed by atoms with van der Waals surface area (Å²) in [5.41, 5.74) is 7.12. The Balaban J connectivity index is 1.20. The third kappa shape index (κ3) is 11.1. The molecular formula is C41H59N5O9. The van der Waals surface area contributed by atoms with Crippen LogP contribution in [0.25, 0.3) is 0 Å². The zero-order chi connectivity index (χ0) is 39.8. The monoisotopic (exact) mass is 765 g/mol. The molecule has 2 aromatic carbocycles. The van der Waals surface area contributed by atoms with E-state index >= 15 is 0 Å². The molecule has 3 aliphatic heterocycles. The summed E-state index contributed by atoms with van der Waals surface area (Å²) >= 11 is 0. The molecule has 3 atom stereocenters. The molecule has 55 heavy (non-hydrogen) atoms.